The Hall–Kier alpha value is -2.50. The van der Waals surface area contributed by atoms with Gasteiger partial charge < -0.3 is 0 Å². The molecule has 0 saturated heterocycles. The minimum atomic E-state index is -4.14. The van der Waals surface area contributed by atoms with Gasteiger partial charge in [-0.3, -0.25) is 4.72 Å². The van der Waals surface area contributed by atoms with Crippen molar-refractivity contribution in [1.29, 1.82) is 0 Å². The van der Waals surface area contributed by atoms with Gasteiger partial charge in [-0.2, -0.15) is 5.10 Å². The molecule has 0 saturated carbocycles. The van der Waals surface area contributed by atoms with E-state index in [1.54, 1.807) is 29.0 Å². The number of halogens is 1. The van der Waals surface area contributed by atoms with E-state index in [1.165, 1.54) is 18.2 Å². The first kappa shape index (κ1) is 18.3. The second-order valence-corrected chi connectivity index (χ2v) is 8.94. The predicted octanol–water partition coefficient (Wildman–Crippen LogP) is 1.19. The summed E-state index contributed by atoms with van der Waals surface area (Å²) in [6.45, 7) is -0.402. The van der Waals surface area contributed by atoms with E-state index in [2.05, 4.69) is 14.5 Å². The van der Waals surface area contributed by atoms with Crippen LogP contribution in [0.5, 0.6) is 0 Å². The fourth-order valence-electron chi connectivity index (χ4n) is 2.27. The highest BCUT2D eigenvalue weighted by atomic mass is 32.2. The van der Waals surface area contributed by atoms with Crippen LogP contribution in [-0.2, 0) is 20.0 Å². The molecule has 0 fully saturated rings. The summed E-state index contributed by atoms with van der Waals surface area (Å²) in [4.78, 5) is -0.531. The Morgan fingerprint density at radius 2 is 1.85 bits per heavy atom. The highest BCUT2D eigenvalue weighted by Gasteiger charge is 2.19. The average molecular weight is 398 g/mol. The molecule has 1 aromatic carbocycles. The summed E-state index contributed by atoms with van der Waals surface area (Å²) < 4.78 is 67.9. The van der Waals surface area contributed by atoms with E-state index < -0.39 is 43.1 Å². The molecule has 0 atom stereocenters. The zero-order chi connectivity index (χ0) is 18.8. The lowest BCUT2D eigenvalue weighted by molar-refractivity contribution is 0.558. The Morgan fingerprint density at radius 1 is 1.08 bits per heavy atom. The molecule has 2 N–H and O–H groups in total. The lowest BCUT2D eigenvalue weighted by Gasteiger charge is -2.10. The lowest BCUT2D eigenvalue weighted by Crippen LogP contribution is -2.31. The first-order valence-electron chi connectivity index (χ1n) is 7.45. The largest absolute Gasteiger partial charge is 0.283 e. The fourth-order valence-corrected chi connectivity index (χ4v) is 4.46. The Bertz CT molecular complexity index is 1140. The summed E-state index contributed by atoms with van der Waals surface area (Å²) in [7, 11) is -7.94. The van der Waals surface area contributed by atoms with Crippen molar-refractivity contribution in [3.63, 3.8) is 0 Å². The van der Waals surface area contributed by atoms with Crippen molar-refractivity contribution in [1.82, 2.24) is 14.3 Å². The number of fused-ring (bicyclic) bond motifs is 1. The van der Waals surface area contributed by atoms with Gasteiger partial charge in [0.1, 0.15) is 10.7 Å². The summed E-state index contributed by atoms with van der Waals surface area (Å²) in [5.74, 6) is -1.42. The minimum Gasteiger partial charge on any atom is -0.283 e. The van der Waals surface area contributed by atoms with E-state index in [-0.39, 0.29) is 0 Å². The highest BCUT2D eigenvalue weighted by Crippen LogP contribution is 2.14. The molecule has 0 amide bonds. The Kier molecular flexibility index (Phi) is 4.94. The van der Waals surface area contributed by atoms with Crippen LogP contribution in [0.1, 0.15) is 0 Å². The molecule has 0 aliphatic heterocycles. The van der Waals surface area contributed by atoms with Gasteiger partial charge in [-0.15, -0.1) is 0 Å². The number of benzene rings is 1. The van der Waals surface area contributed by atoms with Gasteiger partial charge in [0.05, 0.1) is 17.0 Å². The molecule has 0 unspecified atom stereocenters. The quantitative estimate of drug-likeness (QED) is 0.621. The summed E-state index contributed by atoms with van der Waals surface area (Å²) in [6, 6.07) is 9.68. The molecule has 8 nitrogen and oxygen atoms in total. The van der Waals surface area contributed by atoms with E-state index in [0.29, 0.717) is 11.2 Å². The van der Waals surface area contributed by atoms with Crippen LogP contribution in [0, 0.1) is 5.82 Å². The molecule has 3 aromatic rings. The van der Waals surface area contributed by atoms with Crippen molar-refractivity contribution >= 4 is 31.3 Å². The molecule has 0 spiro atoms. The van der Waals surface area contributed by atoms with Crippen LogP contribution < -0.4 is 9.44 Å². The van der Waals surface area contributed by atoms with Gasteiger partial charge in [0.2, 0.25) is 20.0 Å². The molecule has 138 valence electrons. The van der Waals surface area contributed by atoms with Crippen LogP contribution in [0.3, 0.4) is 0 Å². The van der Waals surface area contributed by atoms with Gasteiger partial charge in [0.15, 0.2) is 0 Å². The summed E-state index contributed by atoms with van der Waals surface area (Å²) >= 11 is 0. The lowest BCUT2D eigenvalue weighted by atomic mass is 10.4. The number of anilines is 1. The number of pyridine rings is 1. The van der Waals surface area contributed by atoms with Crippen LogP contribution in [-0.4, -0.2) is 38.7 Å². The van der Waals surface area contributed by atoms with Gasteiger partial charge in [-0.25, -0.2) is 30.5 Å². The molecule has 0 bridgehead atoms. The molecule has 26 heavy (non-hydrogen) atoms. The van der Waals surface area contributed by atoms with Crippen molar-refractivity contribution in [3.05, 3.63) is 60.7 Å². The predicted molar refractivity (Wildman–Crippen MR) is 94.2 cm³/mol. The second-order valence-electron chi connectivity index (χ2n) is 5.37. The first-order chi connectivity index (χ1) is 12.3. The summed E-state index contributed by atoms with van der Waals surface area (Å²) in [6.07, 6.45) is 3.17. The molecular weight excluding hydrogens is 383 g/mol. The first-order valence-corrected chi connectivity index (χ1v) is 10.6. The smallest absolute Gasteiger partial charge is 0.243 e. The molecule has 2 aromatic heterocycles. The van der Waals surface area contributed by atoms with Gasteiger partial charge in [-0.05, 0) is 30.3 Å². The van der Waals surface area contributed by atoms with Crippen molar-refractivity contribution < 1.29 is 21.2 Å². The number of sulfonamides is 2. The van der Waals surface area contributed by atoms with Crippen LogP contribution in [0.4, 0.5) is 10.1 Å². The number of hydrogen-bond acceptors (Lipinski definition) is 5. The van der Waals surface area contributed by atoms with Crippen molar-refractivity contribution in [2.75, 3.05) is 17.0 Å². The standard InChI is InChI=1S/C15H15FN4O4S2/c16-14-3-1-2-4-15(14)26(23,24)18-8-10-25(21,22)19-12-6-9-20-13(11-12)5-7-17-20/h1-7,9,11,18-19H,8,10H2. The third kappa shape index (κ3) is 4.18. The molecule has 3 rings (SSSR count). The Balaban J connectivity index is 1.64. The van der Waals surface area contributed by atoms with E-state index in [0.717, 1.165) is 12.1 Å². The molecule has 11 heteroatoms. The number of rotatable bonds is 7. The van der Waals surface area contributed by atoms with Gasteiger partial charge >= 0.3 is 0 Å². The normalized spacial score (nSPS) is 12.3. The zero-order valence-corrected chi connectivity index (χ0v) is 15.0. The monoisotopic (exact) mass is 398 g/mol. The second kappa shape index (κ2) is 7.02. The number of nitrogens with zero attached hydrogens (tertiary/aromatic N) is 2. The van der Waals surface area contributed by atoms with Crippen LogP contribution in [0.15, 0.2) is 59.8 Å². The molecule has 0 radical (unpaired) electrons. The van der Waals surface area contributed by atoms with Crippen LogP contribution in [0.25, 0.3) is 5.52 Å². The van der Waals surface area contributed by atoms with E-state index in [9.17, 15) is 21.2 Å². The Morgan fingerprint density at radius 3 is 2.62 bits per heavy atom. The summed E-state index contributed by atoms with van der Waals surface area (Å²) in [5.41, 5.74) is 1.03. The number of nitrogens with one attached hydrogen (secondary N) is 2. The molecular formula is C15H15FN4O4S2. The summed E-state index contributed by atoms with van der Waals surface area (Å²) in [5, 5.41) is 4.00. The van der Waals surface area contributed by atoms with Crippen molar-refractivity contribution in [3.8, 4) is 0 Å². The minimum absolute atomic E-state index is 0.329. The number of aromatic nitrogens is 2. The maximum Gasteiger partial charge on any atom is 0.243 e. The molecule has 0 aliphatic carbocycles. The van der Waals surface area contributed by atoms with Crippen LogP contribution >= 0.6 is 0 Å². The van der Waals surface area contributed by atoms with E-state index >= 15 is 0 Å². The maximum atomic E-state index is 13.6. The maximum absolute atomic E-state index is 13.6. The van der Waals surface area contributed by atoms with Crippen LogP contribution in [0.2, 0.25) is 0 Å². The van der Waals surface area contributed by atoms with E-state index in [4.69, 9.17) is 0 Å². The molecule has 2 heterocycles. The third-order valence-corrected chi connectivity index (χ3v) is 6.24. The number of hydrogen-bond donors (Lipinski definition) is 2. The van der Waals surface area contributed by atoms with Gasteiger partial charge in [0.25, 0.3) is 0 Å². The SMILES string of the molecule is O=S(=O)(CCNS(=O)(=O)c1ccccc1F)Nc1ccn2nccc2c1. The van der Waals surface area contributed by atoms with Gasteiger partial charge in [-0.1, -0.05) is 12.1 Å². The van der Waals surface area contributed by atoms with E-state index in [1.807, 2.05) is 0 Å². The molecule has 0 aliphatic rings. The van der Waals surface area contributed by atoms with Crippen molar-refractivity contribution in [2.24, 2.45) is 0 Å². The topological polar surface area (TPSA) is 110 Å². The third-order valence-electron chi connectivity index (χ3n) is 3.46. The Labute approximate surface area is 149 Å². The van der Waals surface area contributed by atoms with Crippen molar-refractivity contribution in [2.45, 2.75) is 4.90 Å². The fraction of sp³-hybridized carbons (Fsp3) is 0.133. The average Bonchev–Trinajstić information content (AvgIpc) is 3.02. The van der Waals surface area contributed by atoms with Gasteiger partial charge in [0, 0.05) is 18.9 Å². The zero-order valence-electron chi connectivity index (χ0n) is 13.3. The highest BCUT2D eigenvalue weighted by molar-refractivity contribution is 7.92.